The maximum Gasteiger partial charge on any atom is 0.276 e. The van der Waals surface area contributed by atoms with Gasteiger partial charge in [0.1, 0.15) is 17.1 Å². The highest BCUT2D eigenvalue weighted by Gasteiger charge is 2.37. The lowest BCUT2D eigenvalue weighted by Crippen LogP contribution is -2.60. The van der Waals surface area contributed by atoms with Crippen LogP contribution in [0.4, 0.5) is 0 Å². The maximum absolute atomic E-state index is 13.4. The van der Waals surface area contributed by atoms with Gasteiger partial charge < -0.3 is 14.7 Å². The van der Waals surface area contributed by atoms with E-state index < -0.39 is 17.7 Å². The van der Waals surface area contributed by atoms with Crippen LogP contribution in [-0.2, 0) is 21.1 Å². The predicted octanol–water partition coefficient (Wildman–Crippen LogP) is 1.69. The van der Waals surface area contributed by atoms with Gasteiger partial charge in [-0.3, -0.25) is 14.4 Å². The smallest absolute Gasteiger partial charge is 0.276 e. The SMILES string of the molecule is CC.CC.CC.Cc1nnn(C)c1C(=O)N1CN(C(=O)c2c(C)nnn2C)CN(C(=O)c2c(C)nnn2C)C1. The van der Waals surface area contributed by atoms with Gasteiger partial charge in [0, 0.05) is 21.1 Å². The molecule has 0 aromatic carbocycles. The van der Waals surface area contributed by atoms with E-state index in [9.17, 15) is 14.4 Å². The van der Waals surface area contributed by atoms with Gasteiger partial charge in [-0.15, -0.1) is 15.3 Å². The average molecular weight is 547 g/mol. The Morgan fingerprint density at radius 1 is 0.487 bits per heavy atom. The van der Waals surface area contributed by atoms with Gasteiger partial charge in [-0.2, -0.15) is 0 Å². The molecule has 0 radical (unpaired) electrons. The zero-order chi connectivity index (χ0) is 30.0. The summed E-state index contributed by atoms with van der Waals surface area (Å²) in [6.07, 6.45) is 0. The average Bonchev–Trinajstić information content (AvgIpc) is 3.60. The molecule has 0 aliphatic carbocycles. The number of nitrogens with zero attached hydrogens (tertiary/aromatic N) is 12. The molecular formula is C24H42N12O3. The van der Waals surface area contributed by atoms with E-state index in [1.54, 1.807) is 41.9 Å². The Bertz CT molecular complexity index is 1040. The third-order valence-corrected chi connectivity index (χ3v) is 5.48. The van der Waals surface area contributed by atoms with E-state index in [2.05, 4.69) is 30.9 Å². The van der Waals surface area contributed by atoms with Crippen molar-refractivity contribution in [2.45, 2.75) is 62.3 Å². The molecule has 1 saturated heterocycles. The Balaban J connectivity index is 0.00000119. The van der Waals surface area contributed by atoms with Crippen molar-refractivity contribution in [2.24, 2.45) is 21.1 Å². The summed E-state index contributed by atoms with van der Waals surface area (Å²) in [7, 11) is 4.83. The van der Waals surface area contributed by atoms with Crippen LogP contribution in [0.15, 0.2) is 0 Å². The predicted molar refractivity (Wildman–Crippen MR) is 144 cm³/mol. The molecule has 1 aliphatic rings. The summed E-state index contributed by atoms with van der Waals surface area (Å²) in [5, 5.41) is 23.5. The van der Waals surface area contributed by atoms with Crippen LogP contribution >= 0.6 is 0 Å². The summed E-state index contributed by atoms with van der Waals surface area (Å²) in [5.74, 6) is -1.22. The van der Waals surface area contributed by atoms with Crippen LogP contribution in [0.2, 0.25) is 0 Å². The molecule has 3 aromatic heterocycles. The fourth-order valence-electron chi connectivity index (χ4n) is 3.85. The van der Waals surface area contributed by atoms with E-state index in [4.69, 9.17) is 0 Å². The molecule has 4 heterocycles. The van der Waals surface area contributed by atoms with Crippen LogP contribution in [0.1, 0.15) is 90.1 Å². The van der Waals surface area contributed by atoms with Crippen molar-refractivity contribution < 1.29 is 14.4 Å². The standard InChI is InChI=1S/C18H24N12O3.3C2H6/c1-10-13(25(4)22-19-10)16(31)28-7-29(17(32)14-11(2)20-23-26(14)5)9-30(8-28)18(33)15-12(3)21-24-27(15)6;3*1-2/h7-9H2,1-6H3;3*1-2H3. The first kappa shape index (κ1) is 32.9. The van der Waals surface area contributed by atoms with Crippen molar-refractivity contribution in [1.82, 2.24) is 59.7 Å². The minimum atomic E-state index is -0.407. The number of carbonyl (C=O) groups is 3. The molecule has 3 aromatic rings. The highest BCUT2D eigenvalue weighted by Crippen LogP contribution is 2.19. The maximum atomic E-state index is 13.4. The van der Waals surface area contributed by atoms with Gasteiger partial charge in [0.25, 0.3) is 17.7 Å². The van der Waals surface area contributed by atoms with E-state index in [0.717, 1.165) is 0 Å². The van der Waals surface area contributed by atoms with Crippen LogP contribution in [0, 0.1) is 20.8 Å². The fraction of sp³-hybridized carbons (Fsp3) is 0.625. The zero-order valence-corrected chi connectivity index (χ0v) is 25.2. The number of aryl methyl sites for hydroxylation is 6. The summed E-state index contributed by atoms with van der Waals surface area (Å²) < 4.78 is 4.11. The third-order valence-electron chi connectivity index (χ3n) is 5.48. The Hall–Kier alpha value is -4.17. The Morgan fingerprint density at radius 2 is 0.692 bits per heavy atom. The first-order valence-corrected chi connectivity index (χ1v) is 13.1. The van der Waals surface area contributed by atoms with Crippen LogP contribution in [0.25, 0.3) is 0 Å². The topological polar surface area (TPSA) is 153 Å². The quantitative estimate of drug-likeness (QED) is 0.477. The van der Waals surface area contributed by atoms with Crippen molar-refractivity contribution >= 4 is 17.7 Å². The zero-order valence-electron chi connectivity index (χ0n) is 25.2. The summed E-state index contributed by atoms with van der Waals surface area (Å²) in [4.78, 5) is 44.3. The molecule has 1 aliphatic heterocycles. The van der Waals surface area contributed by atoms with Gasteiger partial charge in [0.2, 0.25) is 0 Å². The van der Waals surface area contributed by atoms with E-state index in [1.165, 1.54) is 28.7 Å². The van der Waals surface area contributed by atoms with Gasteiger partial charge >= 0.3 is 0 Å². The third kappa shape index (κ3) is 6.83. The molecule has 216 valence electrons. The number of amides is 3. The lowest BCUT2D eigenvalue weighted by atomic mass is 10.2. The number of aromatic nitrogens is 9. The molecule has 0 spiro atoms. The van der Waals surface area contributed by atoms with E-state index in [0.29, 0.717) is 17.1 Å². The second-order valence-electron chi connectivity index (χ2n) is 7.90. The first-order chi connectivity index (χ1) is 18.6. The molecule has 0 saturated carbocycles. The fourth-order valence-corrected chi connectivity index (χ4v) is 3.85. The molecule has 0 bridgehead atoms. The number of hydrogen-bond donors (Lipinski definition) is 0. The largest absolute Gasteiger partial charge is 0.301 e. The molecule has 39 heavy (non-hydrogen) atoms. The summed E-state index contributed by atoms with van der Waals surface area (Å²) in [6.45, 7) is 16.9. The molecule has 3 amide bonds. The molecule has 0 atom stereocenters. The molecule has 0 N–H and O–H groups in total. The Morgan fingerprint density at radius 3 is 0.846 bits per heavy atom. The minimum absolute atomic E-state index is 0.0424. The highest BCUT2D eigenvalue weighted by molar-refractivity contribution is 5.98. The van der Waals surface area contributed by atoms with Gasteiger partial charge in [0.05, 0.1) is 37.1 Å². The van der Waals surface area contributed by atoms with Crippen molar-refractivity contribution in [3.8, 4) is 0 Å². The first-order valence-electron chi connectivity index (χ1n) is 13.1. The number of rotatable bonds is 3. The van der Waals surface area contributed by atoms with Crippen LogP contribution in [0.3, 0.4) is 0 Å². The van der Waals surface area contributed by atoms with Crippen LogP contribution in [-0.4, -0.2) is 97.4 Å². The molecule has 0 unspecified atom stereocenters. The number of hydrogen-bond acceptors (Lipinski definition) is 9. The van der Waals surface area contributed by atoms with Crippen LogP contribution < -0.4 is 0 Å². The molecule has 15 heteroatoms. The normalized spacial score (nSPS) is 12.5. The molecule has 1 fully saturated rings. The van der Waals surface area contributed by atoms with Gasteiger partial charge in [-0.25, -0.2) is 14.0 Å². The summed E-state index contributed by atoms with van der Waals surface area (Å²) in [6, 6.07) is 0. The van der Waals surface area contributed by atoms with Gasteiger partial charge in [0.15, 0.2) is 0 Å². The molecule has 15 nitrogen and oxygen atoms in total. The second-order valence-corrected chi connectivity index (χ2v) is 7.90. The van der Waals surface area contributed by atoms with Crippen molar-refractivity contribution in [1.29, 1.82) is 0 Å². The van der Waals surface area contributed by atoms with E-state index in [1.807, 2.05) is 41.5 Å². The number of carbonyl (C=O) groups excluding carboxylic acids is 3. The minimum Gasteiger partial charge on any atom is -0.301 e. The summed E-state index contributed by atoms with van der Waals surface area (Å²) >= 11 is 0. The Kier molecular flexibility index (Phi) is 12.4. The lowest BCUT2D eigenvalue weighted by molar-refractivity contribution is -0.00738. The molecular weight excluding hydrogens is 504 g/mol. The monoisotopic (exact) mass is 546 g/mol. The van der Waals surface area contributed by atoms with E-state index in [-0.39, 0.29) is 37.1 Å². The van der Waals surface area contributed by atoms with Crippen molar-refractivity contribution in [3.05, 3.63) is 34.2 Å². The van der Waals surface area contributed by atoms with Gasteiger partial charge in [-0.05, 0) is 20.8 Å². The lowest BCUT2D eigenvalue weighted by Gasteiger charge is -2.42. The molecule has 4 rings (SSSR count). The second kappa shape index (κ2) is 14.7. The highest BCUT2D eigenvalue weighted by atomic mass is 16.2. The van der Waals surface area contributed by atoms with Crippen molar-refractivity contribution in [2.75, 3.05) is 20.0 Å². The summed E-state index contributed by atoms with van der Waals surface area (Å²) in [5.41, 5.74) is 2.15. The van der Waals surface area contributed by atoms with E-state index >= 15 is 0 Å². The van der Waals surface area contributed by atoms with Crippen molar-refractivity contribution in [3.63, 3.8) is 0 Å². The Labute approximate surface area is 229 Å². The van der Waals surface area contributed by atoms with Crippen LogP contribution in [0.5, 0.6) is 0 Å². The van der Waals surface area contributed by atoms with Gasteiger partial charge in [-0.1, -0.05) is 57.2 Å².